The summed E-state index contributed by atoms with van der Waals surface area (Å²) in [5.74, 6) is 1.35. The lowest BCUT2D eigenvalue weighted by atomic mass is 10.1. The Morgan fingerprint density at radius 1 is 1.00 bits per heavy atom. The van der Waals surface area contributed by atoms with E-state index in [1.807, 2.05) is 68.1 Å². The summed E-state index contributed by atoms with van der Waals surface area (Å²) in [5, 5.41) is 5.22. The van der Waals surface area contributed by atoms with Crippen molar-refractivity contribution in [2.75, 3.05) is 37.7 Å². The monoisotopic (exact) mass is 489 g/mol. The van der Waals surface area contributed by atoms with Gasteiger partial charge in [0, 0.05) is 37.8 Å². The number of amides is 1. The molecule has 35 heavy (non-hydrogen) atoms. The van der Waals surface area contributed by atoms with Gasteiger partial charge in [0.25, 0.3) is 11.5 Å². The maximum Gasteiger partial charge on any atom is 0.277 e. The van der Waals surface area contributed by atoms with E-state index in [0.29, 0.717) is 37.0 Å². The number of aryl methyl sites for hydroxylation is 3. The zero-order valence-corrected chi connectivity index (χ0v) is 20.8. The molecule has 0 N–H and O–H groups in total. The number of para-hydroxylation sites is 1. The second-order valence-electron chi connectivity index (χ2n) is 8.80. The molecule has 1 amide bonds. The molecule has 0 aliphatic carbocycles. The quantitative estimate of drug-likeness (QED) is 0.427. The minimum atomic E-state index is -0.208. The van der Waals surface area contributed by atoms with E-state index in [2.05, 4.69) is 5.10 Å². The van der Waals surface area contributed by atoms with Gasteiger partial charge in [0.1, 0.15) is 16.6 Å². The first-order chi connectivity index (χ1) is 16.9. The third-order valence-corrected chi connectivity index (χ3v) is 7.19. The van der Waals surface area contributed by atoms with Crippen molar-refractivity contribution in [3.8, 4) is 16.3 Å². The zero-order chi connectivity index (χ0) is 24.5. The van der Waals surface area contributed by atoms with Gasteiger partial charge in [0.05, 0.1) is 0 Å². The average molecular weight is 490 g/mol. The number of carbonyl (C=O) groups excluding carboxylic acids is 1. The van der Waals surface area contributed by atoms with Crippen LogP contribution < -0.4 is 15.2 Å². The minimum Gasteiger partial charge on any atom is -0.483 e. The van der Waals surface area contributed by atoms with E-state index >= 15 is 0 Å². The molecular weight excluding hydrogens is 462 g/mol. The summed E-state index contributed by atoms with van der Waals surface area (Å²) in [6.45, 7) is 8.30. The molecule has 0 radical (unpaired) electrons. The van der Waals surface area contributed by atoms with Crippen molar-refractivity contribution in [1.82, 2.24) is 19.5 Å². The van der Waals surface area contributed by atoms with Gasteiger partial charge in [-0.15, -0.1) is 0 Å². The fraction of sp³-hybridized carbons (Fsp3) is 0.308. The first-order valence-electron chi connectivity index (χ1n) is 11.6. The number of ether oxygens (including phenoxy) is 1. The highest BCUT2D eigenvalue weighted by molar-refractivity contribution is 7.19. The Labute approximate surface area is 207 Å². The second kappa shape index (κ2) is 9.50. The summed E-state index contributed by atoms with van der Waals surface area (Å²) >= 11 is 1.39. The van der Waals surface area contributed by atoms with Gasteiger partial charge in [-0.2, -0.15) is 9.61 Å². The lowest BCUT2D eigenvalue weighted by Crippen LogP contribution is -2.50. The molecule has 1 saturated heterocycles. The SMILES string of the molecule is Cc1ccc(-c2nn3c(=O)cc(N4CCN(C(=O)COc5c(C)cccc5C)CC4)nc3s2)cc1. The number of piperazine rings is 1. The molecule has 1 fully saturated rings. The van der Waals surface area contributed by atoms with Gasteiger partial charge < -0.3 is 14.5 Å². The van der Waals surface area contributed by atoms with Crippen molar-refractivity contribution in [2.45, 2.75) is 20.8 Å². The first kappa shape index (κ1) is 23.0. The van der Waals surface area contributed by atoms with Crippen LogP contribution in [0.4, 0.5) is 5.82 Å². The van der Waals surface area contributed by atoms with Gasteiger partial charge in [0.2, 0.25) is 4.96 Å². The number of hydrogen-bond donors (Lipinski definition) is 0. The van der Waals surface area contributed by atoms with Crippen LogP contribution in [0, 0.1) is 20.8 Å². The van der Waals surface area contributed by atoms with Crippen molar-refractivity contribution in [3.05, 3.63) is 75.6 Å². The molecule has 180 valence electrons. The van der Waals surface area contributed by atoms with E-state index in [4.69, 9.17) is 9.72 Å². The minimum absolute atomic E-state index is 0.0138. The predicted octanol–water partition coefficient (Wildman–Crippen LogP) is 3.47. The molecule has 9 heteroatoms. The van der Waals surface area contributed by atoms with Gasteiger partial charge in [0.15, 0.2) is 6.61 Å². The van der Waals surface area contributed by atoms with Crippen molar-refractivity contribution in [3.63, 3.8) is 0 Å². The maximum atomic E-state index is 12.7. The van der Waals surface area contributed by atoms with Crippen LogP contribution in [0.3, 0.4) is 0 Å². The molecular formula is C26H27N5O3S. The van der Waals surface area contributed by atoms with Crippen LogP contribution in [-0.2, 0) is 4.79 Å². The lowest BCUT2D eigenvalue weighted by molar-refractivity contribution is -0.133. The van der Waals surface area contributed by atoms with Gasteiger partial charge in [-0.05, 0) is 31.9 Å². The van der Waals surface area contributed by atoms with Crippen molar-refractivity contribution in [2.24, 2.45) is 0 Å². The summed E-state index contributed by atoms with van der Waals surface area (Å²) in [6, 6.07) is 15.5. The summed E-state index contributed by atoms with van der Waals surface area (Å²) in [6.07, 6.45) is 0. The standard InChI is InChI=1S/C26H27N5O3S/c1-17-7-9-20(10-8-17)25-28-31-22(32)15-21(27-26(31)35-25)29-11-13-30(14-12-29)23(33)16-34-24-18(2)5-4-6-19(24)3/h4-10,15H,11-14,16H2,1-3H3. The first-order valence-corrected chi connectivity index (χ1v) is 12.4. The zero-order valence-electron chi connectivity index (χ0n) is 20.0. The van der Waals surface area contributed by atoms with Crippen LogP contribution in [0.25, 0.3) is 15.5 Å². The highest BCUT2D eigenvalue weighted by Gasteiger charge is 2.24. The van der Waals surface area contributed by atoms with Crippen LogP contribution in [-0.4, -0.2) is 58.2 Å². The van der Waals surface area contributed by atoms with Crippen molar-refractivity contribution < 1.29 is 9.53 Å². The Balaban J connectivity index is 1.25. The largest absolute Gasteiger partial charge is 0.483 e. The molecule has 5 rings (SSSR count). The summed E-state index contributed by atoms with van der Waals surface area (Å²) in [7, 11) is 0. The Hall–Kier alpha value is -3.72. The maximum absolute atomic E-state index is 12.7. The van der Waals surface area contributed by atoms with Crippen LogP contribution in [0.5, 0.6) is 5.75 Å². The normalized spacial score (nSPS) is 13.9. The van der Waals surface area contributed by atoms with Gasteiger partial charge >= 0.3 is 0 Å². The van der Waals surface area contributed by atoms with Crippen LogP contribution in [0.15, 0.2) is 53.3 Å². The fourth-order valence-electron chi connectivity index (χ4n) is 4.21. The number of hydrogen-bond acceptors (Lipinski definition) is 7. The topological polar surface area (TPSA) is 80.0 Å². The summed E-state index contributed by atoms with van der Waals surface area (Å²) in [5.41, 5.74) is 3.96. The molecule has 0 bridgehead atoms. The lowest BCUT2D eigenvalue weighted by Gasteiger charge is -2.35. The number of carbonyl (C=O) groups is 1. The van der Waals surface area contributed by atoms with Crippen LogP contribution in [0.2, 0.25) is 0 Å². The molecule has 0 unspecified atom stereocenters. The smallest absolute Gasteiger partial charge is 0.277 e. The second-order valence-corrected chi connectivity index (χ2v) is 9.75. The van der Waals surface area contributed by atoms with Gasteiger partial charge in [-0.1, -0.05) is 59.4 Å². The number of rotatable bonds is 5. The molecule has 4 aromatic rings. The molecule has 8 nitrogen and oxygen atoms in total. The predicted molar refractivity (Wildman–Crippen MR) is 138 cm³/mol. The van der Waals surface area contributed by atoms with E-state index in [9.17, 15) is 9.59 Å². The van der Waals surface area contributed by atoms with E-state index in [1.54, 1.807) is 4.90 Å². The van der Waals surface area contributed by atoms with Crippen LogP contribution in [0.1, 0.15) is 16.7 Å². The van der Waals surface area contributed by atoms with E-state index < -0.39 is 0 Å². The van der Waals surface area contributed by atoms with E-state index in [1.165, 1.54) is 27.5 Å². The summed E-state index contributed by atoms with van der Waals surface area (Å²) in [4.78, 5) is 34.6. The molecule has 1 aliphatic heterocycles. The highest BCUT2D eigenvalue weighted by atomic mass is 32.1. The van der Waals surface area contributed by atoms with Gasteiger partial charge in [-0.25, -0.2) is 4.98 Å². The molecule has 0 spiro atoms. The number of fused-ring (bicyclic) bond motifs is 1. The molecule has 2 aromatic heterocycles. The molecule has 0 atom stereocenters. The molecule has 3 heterocycles. The van der Waals surface area contributed by atoms with Crippen molar-refractivity contribution in [1.29, 1.82) is 0 Å². The van der Waals surface area contributed by atoms with E-state index in [-0.39, 0.29) is 18.1 Å². The Morgan fingerprint density at radius 2 is 1.69 bits per heavy atom. The highest BCUT2D eigenvalue weighted by Crippen LogP contribution is 2.26. The summed E-state index contributed by atoms with van der Waals surface area (Å²) < 4.78 is 7.19. The van der Waals surface area contributed by atoms with Gasteiger partial charge in [-0.3, -0.25) is 9.59 Å². The van der Waals surface area contributed by atoms with E-state index in [0.717, 1.165) is 27.4 Å². The fourth-order valence-corrected chi connectivity index (χ4v) is 5.12. The number of anilines is 1. The third-order valence-electron chi connectivity index (χ3n) is 6.24. The van der Waals surface area contributed by atoms with Crippen LogP contribution >= 0.6 is 11.3 Å². The average Bonchev–Trinajstić information content (AvgIpc) is 3.29. The molecule has 0 saturated carbocycles. The number of aromatic nitrogens is 3. The Bertz CT molecular complexity index is 1420. The number of nitrogens with zero attached hydrogens (tertiary/aromatic N) is 5. The molecule has 2 aromatic carbocycles. The Kier molecular flexibility index (Phi) is 6.25. The Morgan fingerprint density at radius 3 is 2.37 bits per heavy atom. The number of benzene rings is 2. The third kappa shape index (κ3) is 4.77. The van der Waals surface area contributed by atoms with Crippen molar-refractivity contribution >= 4 is 28.0 Å². The molecule has 1 aliphatic rings.